The highest BCUT2D eigenvalue weighted by molar-refractivity contribution is 9.10. The summed E-state index contributed by atoms with van der Waals surface area (Å²) in [4.78, 5) is 0. The predicted octanol–water partition coefficient (Wildman–Crippen LogP) is 5.42. The van der Waals surface area contributed by atoms with Gasteiger partial charge in [0.15, 0.2) is 0 Å². The zero-order valence-corrected chi connectivity index (χ0v) is 13.5. The molecule has 1 atom stereocenters. The van der Waals surface area contributed by atoms with Crippen LogP contribution in [0.2, 0.25) is 0 Å². The maximum atomic E-state index is 9.82. The van der Waals surface area contributed by atoms with Crippen molar-refractivity contribution in [2.45, 2.75) is 32.8 Å². The summed E-state index contributed by atoms with van der Waals surface area (Å²) in [7, 11) is 0. The zero-order valence-electron chi connectivity index (χ0n) is 11.9. The molecule has 0 aliphatic heterocycles. The maximum absolute atomic E-state index is 9.82. The molecule has 0 unspecified atom stereocenters. The zero-order chi connectivity index (χ0) is 14.7. The number of aliphatic hydroxyl groups is 1. The quantitative estimate of drug-likeness (QED) is 0.809. The molecule has 20 heavy (non-hydrogen) atoms. The Balaban J connectivity index is 2.40. The predicted molar refractivity (Wildman–Crippen MR) is 85.4 cm³/mol. The third-order valence-electron chi connectivity index (χ3n) is 3.18. The fourth-order valence-electron chi connectivity index (χ4n) is 2.10. The van der Waals surface area contributed by atoms with E-state index >= 15 is 0 Å². The van der Waals surface area contributed by atoms with Crippen LogP contribution in [0.3, 0.4) is 0 Å². The Labute approximate surface area is 128 Å². The molecule has 0 saturated heterocycles. The van der Waals surface area contributed by atoms with Crippen molar-refractivity contribution in [3.05, 3.63) is 58.1 Å². The fraction of sp³-hybridized carbons (Fsp3) is 0.294. The van der Waals surface area contributed by atoms with E-state index in [4.69, 9.17) is 4.74 Å². The van der Waals surface area contributed by atoms with Gasteiger partial charge in [-0.2, -0.15) is 0 Å². The lowest BCUT2D eigenvalue weighted by molar-refractivity contribution is 0.195. The Bertz CT molecular complexity index is 591. The first-order valence-electron chi connectivity index (χ1n) is 6.73. The van der Waals surface area contributed by atoms with Gasteiger partial charge in [0, 0.05) is 10.0 Å². The van der Waals surface area contributed by atoms with Crippen LogP contribution in [0.25, 0.3) is 0 Å². The van der Waals surface area contributed by atoms with E-state index in [0.29, 0.717) is 11.7 Å². The van der Waals surface area contributed by atoms with Crippen molar-refractivity contribution in [3.63, 3.8) is 0 Å². The van der Waals surface area contributed by atoms with E-state index in [1.54, 1.807) is 6.92 Å². The van der Waals surface area contributed by atoms with E-state index in [0.717, 1.165) is 21.3 Å². The Kier molecular flexibility index (Phi) is 4.84. The maximum Gasteiger partial charge on any atom is 0.133 e. The summed E-state index contributed by atoms with van der Waals surface area (Å²) in [6, 6.07) is 13.6. The van der Waals surface area contributed by atoms with Crippen molar-refractivity contribution >= 4 is 15.9 Å². The lowest BCUT2D eigenvalue weighted by atomic mass is 10.0. The lowest BCUT2D eigenvalue weighted by Gasteiger charge is -2.17. The van der Waals surface area contributed by atoms with E-state index in [2.05, 4.69) is 35.8 Å². The monoisotopic (exact) mass is 334 g/mol. The second-order valence-electron chi connectivity index (χ2n) is 5.15. The second kappa shape index (κ2) is 6.42. The van der Waals surface area contributed by atoms with E-state index in [1.807, 2.05) is 36.4 Å². The third kappa shape index (κ3) is 3.41. The Morgan fingerprint density at radius 1 is 0.950 bits per heavy atom. The minimum Gasteiger partial charge on any atom is -0.457 e. The average molecular weight is 335 g/mol. The molecule has 0 heterocycles. The number of benzene rings is 2. The van der Waals surface area contributed by atoms with Crippen LogP contribution in [0.5, 0.6) is 11.5 Å². The van der Waals surface area contributed by atoms with Crippen LogP contribution in [0, 0.1) is 0 Å². The summed E-state index contributed by atoms with van der Waals surface area (Å²) < 4.78 is 7.08. The van der Waals surface area contributed by atoms with Crippen LogP contribution < -0.4 is 4.74 Å². The molecule has 2 nitrogen and oxygen atoms in total. The topological polar surface area (TPSA) is 29.5 Å². The van der Waals surface area contributed by atoms with Crippen molar-refractivity contribution in [3.8, 4) is 11.5 Å². The molecule has 0 saturated carbocycles. The smallest absolute Gasteiger partial charge is 0.133 e. The van der Waals surface area contributed by atoms with E-state index in [-0.39, 0.29) is 0 Å². The lowest BCUT2D eigenvalue weighted by Crippen LogP contribution is -1.98. The second-order valence-corrected chi connectivity index (χ2v) is 6.07. The van der Waals surface area contributed by atoms with Gasteiger partial charge < -0.3 is 9.84 Å². The van der Waals surface area contributed by atoms with Crippen LogP contribution in [0.4, 0.5) is 0 Å². The number of rotatable bonds is 4. The third-order valence-corrected chi connectivity index (χ3v) is 3.68. The van der Waals surface area contributed by atoms with Crippen molar-refractivity contribution < 1.29 is 9.84 Å². The van der Waals surface area contributed by atoms with Gasteiger partial charge in [-0.1, -0.05) is 48.0 Å². The molecule has 0 fully saturated rings. The molecule has 0 aliphatic rings. The van der Waals surface area contributed by atoms with Gasteiger partial charge in [0.1, 0.15) is 11.5 Å². The summed E-state index contributed by atoms with van der Waals surface area (Å²) >= 11 is 3.49. The molecule has 2 aromatic carbocycles. The number of para-hydroxylation sites is 1. The average Bonchev–Trinajstić information content (AvgIpc) is 2.41. The molecule has 2 aromatic rings. The highest BCUT2D eigenvalue weighted by Crippen LogP contribution is 2.35. The number of aliphatic hydroxyl groups excluding tert-OH is 1. The minimum absolute atomic E-state index is 0.362. The highest BCUT2D eigenvalue weighted by Gasteiger charge is 2.13. The molecular formula is C17H19BrO2. The first kappa shape index (κ1) is 15.1. The normalized spacial score (nSPS) is 12.5. The summed E-state index contributed by atoms with van der Waals surface area (Å²) in [6.07, 6.45) is -0.552. The molecule has 1 N–H and O–H groups in total. The molecule has 0 bridgehead atoms. The molecular weight excluding hydrogens is 316 g/mol. The van der Waals surface area contributed by atoms with Gasteiger partial charge >= 0.3 is 0 Å². The van der Waals surface area contributed by atoms with Gasteiger partial charge in [-0.25, -0.2) is 0 Å². The largest absolute Gasteiger partial charge is 0.457 e. The SMILES string of the molecule is CC(C)c1cc(Br)ccc1Oc1ccccc1[C@@H](C)O. The van der Waals surface area contributed by atoms with E-state index in [9.17, 15) is 5.11 Å². The Morgan fingerprint density at radius 2 is 1.60 bits per heavy atom. The van der Waals surface area contributed by atoms with E-state index in [1.165, 1.54) is 0 Å². The number of halogens is 1. The van der Waals surface area contributed by atoms with Crippen molar-refractivity contribution in [2.24, 2.45) is 0 Å². The number of hydrogen-bond donors (Lipinski definition) is 1. The van der Waals surface area contributed by atoms with Gasteiger partial charge in [0.2, 0.25) is 0 Å². The van der Waals surface area contributed by atoms with E-state index < -0.39 is 6.10 Å². The standard InChI is InChI=1S/C17H19BrO2/c1-11(2)15-10-13(18)8-9-17(15)20-16-7-5-4-6-14(16)12(3)19/h4-12,19H,1-3H3/t12-/m1/s1. The van der Waals surface area contributed by atoms with Crippen LogP contribution >= 0.6 is 15.9 Å². The molecule has 2 rings (SSSR count). The molecule has 0 amide bonds. The number of hydrogen-bond acceptors (Lipinski definition) is 2. The van der Waals surface area contributed by atoms with Gasteiger partial charge in [0.05, 0.1) is 6.10 Å². The molecule has 0 aromatic heterocycles. The van der Waals surface area contributed by atoms with Crippen LogP contribution in [-0.2, 0) is 0 Å². The molecule has 3 heteroatoms. The summed E-state index contributed by atoms with van der Waals surface area (Å²) in [5.74, 6) is 1.89. The van der Waals surface area contributed by atoms with Gasteiger partial charge in [-0.05, 0) is 42.7 Å². The first-order valence-corrected chi connectivity index (χ1v) is 7.52. The van der Waals surface area contributed by atoms with Crippen LogP contribution in [-0.4, -0.2) is 5.11 Å². The van der Waals surface area contributed by atoms with Gasteiger partial charge in [-0.3, -0.25) is 0 Å². The van der Waals surface area contributed by atoms with Crippen LogP contribution in [0.1, 0.15) is 43.9 Å². The van der Waals surface area contributed by atoms with Crippen molar-refractivity contribution in [1.29, 1.82) is 0 Å². The Hall–Kier alpha value is -1.32. The first-order chi connectivity index (χ1) is 9.49. The van der Waals surface area contributed by atoms with Crippen molar-refractivity contribution in [1.82, 2.24) is 0 Å². The summed E-state index contributed by atoms with van der Waals surface area (Å²) in [6.45, 7) is 6.01. The van der Waals surface area contributed by atoms with Gasteiger partial charge in [0.25, 0.3) is 0 Å². The summed E-state index contributed by atoms with van der Waals surface area (Å²) in [5.41, 5.74) is 1.94. The molecule has 0 radical (unpaired) electrons. The van der Waals surface area contributed by atoms with Gasteiger partial charge in [-0.15, -0.1) is 0 Å². The minimum atomic E-state index is -0.552. The number of ether oxygens (including phenoxy) is 1. The van der Waals surface area contributed by atoms with Crippen LogP contribution in [0.15, 0.2) is 46.9 Å². The molecule has 0 spiro atoms. The Morgan fingerprint density at radius 3 is 2.25 bits per heavy atom. The highest BCUT2D eigenvalue weighted by atomic mass is 79.9. The van der Waals surface area contributed by atoms with Crippen molar-refractivity contribution in [2.75, 3.05) is 0 Å². The summed E-state index contributed by atoms with van der Waals surface area (Å²) in [5, 5.41) is 9.82. The fourth-order valence-corrected chi connectivity index (χ4v) is 2.48. The molecule has 106 valence electrons. The molecule has 0 aliphatic carbocycles.